The summed E-state index contributed by atoms with van der Waals surface area (Å²) in [5, 5.41) is 36.5. The first-order valence-electron chi connectivity index (χ1n) is 13.1. The van der Waals surface area contributed by atoms with E-state index in [1.54, 1.807) is 12.1 Å². The third-order valence-electron chi connectivity index (χ3n) is 6.92. The number of nitrogens with zero attached hydrogens (tertiary/aromatic N) is 1. The van der Waals surface area contributed by atoms with Gasteiger partial charge in [0.05, 0.1) is 24.8 Å². The molecule has 0 amide bonds. The van der Waals surface area contributed by atoms with Crippen LogP contribution in [0.25, 0.3) is 10.9 Å². The topological polar surface area (TPSA) is 134 Å². The Morgan fingerprint density at radius 1 is 0.974 bits per heavy atom. The highest BCUT2D eigenvalue weighted by molar-refractivity contribution is 5.96. The number of amidine groups is 1. The molecule has 9 heteroatoms. The smallest absolute Gasteiger partial charge is 0.248 e. The summed E-state index contributed by atoms with van der Waals surface area (Å²) in [7, 11) is 0. The lowest BCUT2D eigenvalue weighted by molar-refractivity contribution is 0.0680. The van der Waals surface area contributed by atoms with Gasteiger partial charge in [0.1, 0.15) is 11.6 Å². The Labute approximate surface area is 226 Å². The van der Waals surface area contributed by atoms with Crippen molar-refractivity contribution in [1.82, 2.24) is 15.2 Å². The molecule has 0 aliphatic carbocycles. The maximum atomic E-state index is 11.6. The van der Waals surface area contributed by atoms with Crippen LogP contribution in [0.1, 0.15) is 22.8 Å². The van der Waals surface area contributed by atoms with Gasteiger partial charge in [-0.2, -0.15) is 0 Å². The second-order valence-corrected chi connectivity index (χ2v) is 9.60. The van der Waals surface area contributed by atoms with E-state index < -0.39 is 6.10 Å². The highest BCUT2D eigenvalue weighted by Gasteiger charge is 2.15. The normalized spacial score (nSPS) is 14.3. The van der Waals surface area contributed by atoms with Gasteiger partial charge in [-0.05, 0) is 72.6 Å². The number of benzene rings is 3. The Morgan fingerprint density at radius 2 is 1.67 bits per heavy atom. The number of hydrogen-bond acceptors (Lipinski definition) is 7. The van der Waals surface area contributed by atoms with Gasteiger partial charge >= 0.3 is 0 Å². The van der Waals surface area contributed by atoms with Gasteiger partial charge < -0.3 is 35.5 Å². The van der Waals surface area contributed by atoms with E-state index in [1.807, 2.05) is 41.3 Å². The van der Waals surface area contributed by atoms with E-state index in [-0.39, 0.29) is 11.3 Å². The molecule has 0 bridgehead atoms. The van der Waals surface area contributed by atoms with Crippen molar-refractivity contribution >= 4 is 28.1 Å². The zero-order valence-corrected chi connectivity index (χ0v) is 21.6. The van der Waals surface area contributed by atoms with Crippen molar-refractivity contribution < 1.29 is 14.9 Å². The Balaban J connectivity index is 1.09. The summed E-state index contributed by atoms with van der Waals surface area (Å²) in [6.45, 7) is 3.86. The molecule has 1 atom stereocenters. The minimum Gasteiger partial charge on any atom is -0.506 e. The van der Waals surface area contributed by atoms with Crippen LogP contribution in [-0.2, 0) is 11.2 Å². The number of fused-ring (bicyclic) bond motifs is 1. The van der Waals surface area contributed by atoms with Gasteiger partial charge in [-0.1, -0.05) is 18.2 Å². The van der Waals surface area contributed by atoms with Crippen molar-refractivity contribution in [1.29, 1.82) is 5.41 Å². The van der Waals surface area contributed by atoms with Gasteiger partial charge in [0, 0.05) is 48.0 Å². The van der Waals surface area contributed by atoms with E-state index in [1.165, 1.54) is 17.7 Å². The number of ether oxygens (including phenoxy) is 1. The SMILES string of the molecule is N=C(c1ccc(Nc2ccc(CCNC[C@H](O)c3ccc(O)c4[nH]c(=O)ccc34)cc2)cc1)N1CCOCC1. The molecule has 0 saturated carbocycles. The monoisotopic (exact) mass is 527 g/mol. The number of morpholine rings is 1. The highest BCUT2D eigenvalue weighted by Crippen LogP contribution is 2.28. The van der Waals surface area contributed by atoms with Crippen LogP contribution in [0.4, 0.5) is 11.4 Å². The number of phenols is 1. The molecular formula is C30H33N5O4. The summed E-state index contributed by atoms with van der Waals surface area (Å²) in [5.74, 6) is 0.508. The number of aromatic amines is 1. The minimum absolute atomic E-state index is 0.0224. The Morgan fingerprint density at radius 3 is 2.38 bits per heavy atom. The van der Waals surface area contributed by atoms with Crippen LogP contribution in [0.3, 0.4) is 0 Å². The molecule has 1 aliphatic rings. The number of pyridine rings is 1. The second-order valence-electron chi connectivity index (χ2n) is 9.60. The molecule has 202 valence electrons. The van der Waals surface area contributed by atoms with E-state index in [0.29, 0.717) is 48.6 Å². The van der Waals surface area contributed by atoms with Crippen LogP contribution < -0.4 is 16.2 Å². The fourth-order valence-electron chi connectivity index (χ4n) is 4.73. The molecule has 1 aliphatic heterocycles. The zero-order chi connectivity index (χ0) is 27.2. The van der Waals surface area contributed by atoms with Crippen molar-refractivity contribution in [2.24, 2.45) is 0 Å². The maximum Gasteiger partial charge on any atom is 0.248 e. The van der Waals surface area contributed by atoms with Crippen LogP contribution in [0.15, 0.2) is 77.6 Å². The number of aromatic hydroxyl groups is 1. The van der Waals surface area contributed by atoms with E-state index in [9.17, 15) is 15.0 Å². The largest absolute Gasteiger partial charge is 0.506 e. The first-order chi connectivity index (χ1) is 19.0. The van der Waals surface area contributed by atoms with Crippen molar-refractivity contribution in [3.63, 3.8) is 0 Å². The van der Waals surface area contributed by atoms with Crippen molar-refractivity contribution in [3.8, 4) is 5.75 Å². The quantitative estimate of drug-likeness (QED) is 0.111. The van der Waals surface area contributed by atoms with Gasteiger partial charge in [0.15, 0.2) is 0 Å². The molecule has 0 spiro atoms. The molecule has 6 N–H and O–H groups in total. The van der Waals surface area contributed by atoms with Crippen LogP contribution in [0.2, 0.25) is 0 Å². The summed E-state index contributed by atoms with van der Waals surface area (Å²) in [4.78, 5) is 16.3. The molecule has 0 radical (unpaired) electrons. The number of nitrogens with one attached hydrogen (secondary N) is 4. The number of aliphatic hydroxyl groups is 1. The van der Waals surface area contributed by atoms with Crippen molar-refractivity contribution in [3.05, 3.63) is 99.8 Å². The molecule has 9 nitrogen and oxygen atoms in total. The first-order valence-corrected chi connectivity index (χ1v) is 13.1. The summed E-state index contributed by atoms with van der Waals surface area (Å²) < 4.78 is 5.37. The van der Waals surface area contributed by atoms with Crippen molar-refractivity contribution in [2.75, 3.05) is 44.7 Å². The Hall–Kier alpha value is -4.18. The third-order valence-corrected chi connectivity index (χ3v) is 6.92. The number of anilines is 2. The van der Waals surface area contributed by atoms with Gasteiger partial charge in [-0.25, -0.2) is 0 Å². The number of aromatic nitrogens is 1. The van der Waals surface area contributed by atoms with E-state index in [2.05, 4.69) is 27.8 Å². The number of aliphatic hydroxyl groups excluding tert-OH is 1. The van der Waals surface area contributed by atoms with Gasteiger partial charge in [0.25, 0.3) is 0 Å². The highest BCUT2D eigenvalue weighted by atomic mass is 16.5. The predicted octanol–water partition coefficient (Wildman–Crippen LogP) is 3.50. The molecule has 39 heavy (non-hydrogen) atoms. The molecule has 3 aromatic carbocycles. The minimum atomic E-state index is -0.783. The Bertz CT molecular complexity index is 1480. The zero-order valence-electron chi connectivity index (χ0n) is 21.6. The summed E-state index contributed by atoms with van der Waals surface area (Å²) >= 11 is 0. The summed E-state index contributed by atoms with van der Waals surface area (Å²) in [6.07, 6.45) is 0.0178. The molecule has 0 unspecified atom stereocenters. The van der Waals surface area contributed by atoms with Crippen molar-refractivity contribution in [2.45, 2.75) is 12.5 Å². The summed E-state index contributed by atoms with van der Waals surface area (Å²) in [5.41, 5.74) is 4.68. The molecule has 1 aromatic heterocycles. The van der Waals surface area contributed by atoms with Crippen LogP contribution in [0.5, 0.6) is 5.75 Å². The van der Waals surface area contributed by atoms with Gasteiger partial charge in [0.2, 0.25) is 5.56 Å². The molecule has 1 fully saturated rings. The Kier molecular flexibility index (Phi) is 8.21. The number of phenolic OH excluding ortho intramolecular Hbond substituents is 1. The average Bonchev–Trinajstić information content (AvgIpc) is 2.97. The van der Waals surface area contributed by atoms with Crippen LogP contribution in [-0.4, -0.2) is 65.3 Å². The lowest BCUT2D eigenvalue weighted by Crippen LogP contribution is -2.40. The lowest BCUT2D eigenvalue weighted by atomic mass is 10.0. The number of rotatable bonds is 9. The molecule has 1 saturated heterocycles. The molecular weight excluding hydrogens is 494 g/mol. The van der Waals surface area contributed by atoms with Crippen LogP contribution in [0, 0.1) is 5.41 Å². The van der Waals surface area contributed by atoms with Gasteiger partial charge in [-0.15, -0.1) is 0 Å². The van der Waals surface area contributed by atoms with Crippen LogP contribution >= 0.6 is 0 Å². The first kappa shape index (κ1) is 26.4. The number of hydrogen-bond donors (Lipinski definition) is 6. The maximum absolute atomic E-state index is 11.6. The average molecular weight is 528 g/mol. The molecule has 5 rings (SSSR count). The fraction of sp³-hybridized carbons (Fsp3) is 0.267. The molecule has 4 aromatic rings. The van der Waals surface area contributed by atoms with E-state index in [4.69, 9.17) is 10.1 Å². The fourth-order valence-corrected chi connectivity index (χ4v) is 4.73. The molecule has 2 heterocycles. The predicted molar refractivity (Wildman–Crippen MR) is 153 cm³/mol. The second kappa shape index (κ2) is 12.1. The van der Waals surface area contributed by atoms with E-state index >= 15 is 0 Å². The third kappa shape index (κ3) is 6.46. The standard InChI is InChI=1S/C30H33N5O4/c31-30(35-15-17-39-18-16-35)21-3-7-23(8-4-21)33-22-5-1-20(2-6-22)13-14-32-19-27(37)24-9-11-26(36)29-25(24)10-12-28(38)34-29/h1-12,27,31-33,36-37H,13-19H2,(H,34,38)/t27-/m0/s1. The number of H-pyrrole nitrogens is 1. The summed E-state index contributed by atoms with van der Waals surface area (Å²) in [6, 6.07) is 22.3. The van der Waals surface area contributed by atoms with E-state index in [0.717, 1.165) is 36.4 Å². The lowest BCUT2D eigenvalue weighted by Gasteiger charge is -2.29. The van der Waals surface area contributed by atoms with Gasteiger partial charge in [-0.3, -0.25) is 10.2 Å².